The first-order valence-electron chi connectivity index (χ1n) is 9.74. The maximum atomic E-state index is 13.0. The minimum atomic E-state index is -3.34. The van der Waals surface area contributed by atoms with Gasteiger partial charge in [0.05, 0.1) is 27.4 Å². The van der Waals surface area contributed by atoms with Crippen molar-refractivity contribution in [3.8, 4) is 0 Å². The first-order valence-corrected chi connectivity index (χ1v) is 12.4. The molecule has 1 aromatic heterocycles. The molecule has 6 nitrogen and oxygen atoms in total. The van der Waals surface area contributed by atoms with Gasteiger partial charge >= 0.3 is 0 Å². The molecule has 0 saturated heterocycles. The van der Waals surface area contributed by atoms with Crippen molar-refractivity contribution in [2.24, 2.45) is 5.92 Å². The van der Waals surface area contributed by atoms with Crippen molar-refractivity contribution in [2.45, 2.75) is 25.3 Å². The Bertz CT molecular complexity index is 1170. The molecule has 4 rings (SSSR count). The zero-order valence-electron chi connectivity index (χ0n) is 16.5. The van der Waals surface area contributed by atoms with Crippen LogP contribution in [-0.4, -0.2) is 25.6 Å². The van der Waals surface area contributed by atoms with Gasteiger partial charge in [0.2, 0.25) is 15.9 Å². The Hall–Kier alpha value is -2.71. The lowest BCUT2D eigenvalue weighted by atomic mass is 9.82. The number of fused-ring (bicyclic) bond motifs is 1. The number of anilines is 1. The van der Waals surface area contributed by atoms with E-state index in [1.54, 1.807) is 29.5 Å². The fourth-order valence-electron chi connectivity index (χ4n) is 3.70. The quantitative estimate of drug-likeness (QED) is 0.565. The van der Waals surface area contributed by atoms with E-state index in [0.717, 1.165) is 33.5 Å². The van der Waals surface area contributed by atoms with Gasteiger partial charge in [-0.05, 0) is 42.7 Å². The van der Waals surface area contributed by atoms with E-state index in [9.17, 15) is 13.2 Å². The van der Waals surface area contributed by atoms with Crippen molar-refractivity contribution in [3.63, 3.8) is 0 Å². The van der Waals surface area contributed by atoms with Crippen molar-refractivity contribution >= 4 is 43.2 Å². The number of nitrogens with zero attached hydrogens (tertiary/aromatic N) is 1. The van der Waals surface area contributed by atoms with E-state index in [1.165, 1.54) is 0 Å². The lowest BCUT2D eigenvalue weighted by Gasteiger charge is -2.26. The number of nitrogens with one attached hydrogen (secondary N) is 2. The smallest absolute Gasteiger partial charge is 0.229 e. The summed E-state index contributed by atoms with van der Waals surface area (Å²) in [5.74, 6) is -0.122. The average molecular weight is 442 g/mol. The monoisotopic (exact) mass is 441 g/mol. The van der Waals surface area contributed by atoms with Crippen LogP contribution in [0.1, 0.15) is 29.3 Å². The molecule has 2 N–H and O–H groups in total. The molecule has 8 heteroatoms. The zero-order valence-corrected chi connectivity index (χ0v) is 18.2. The van der Waals surface area contributed by atoms with Crippen molar-refractivity contribution in [3.05, 3.63) is 71.3 Å². The number of allylic oxidation sites excluding steroid dienone is 2. The van der Waals surface area contributed by atoms with Gasteiger partial charge in [0.15, 0.2) is 0 Å². The molecule has 0 radical (unpaired) electrons. The van der Waals surface area contributed by atoms with Crippen molar-refractivity contribution in [1.29, 1.82) is 0 Å². The van der Waals surface area contributed by atoms with Crippen LogP contribution in [0.3, 0.4) is 0 Å². The number of benzene rings is 2. The highest BCUT2D eigenvalue weighted by Crippen LogP contribution is 2.38. The molecule has 2 atom stereocenters. The van der Waals surface area contributed by atoms with Gasteiger partial charge in [-0.3, -0.25) is 9.52 Å². The molecule has 1 aliphatic carbocycles. The molecule has 1 aliphatic rings. The molecule has 0 bridgehead atoms. The van der Waals surface area contributed by atoms with E-state index >= 15 is 0 Å². The highest BCUT2D eigenvalue weighted by atomic mass is 32.2. The molecule has 3 aromatic rings. The molecule has 1 heterocycles. The second-order valence-electron chi connectivity index (χ2n) is 7.47. The first kappa shape index (κ1) is 20.6. The summed E-state index contributed by atoms with van der Waals surface area (Å²) in [5, 5.41) is 4.02. The largest absolute Gasteiger partial charge is 0.352 e. The summed E-state index contributed by atoms with van der Waals surface area (Å²) in [6.45, 7) is 0.338. The number of amides is 1. The summed E-state index contributed by atoms with van der Waals surface area (Å²) >= 11 is 1.66. The molecular formula is C22H23N3O3S2. The summed E-state index contributed by atoms with van der Waals surface area (Å²) in [6.07, 6.45) is 6.78. The lowest BCUT2D eigenvalue weighted by Crippen LogP contribution is -2.34. The Balaban J connectivity index is 1.46. The Morgan fingerprint density at radius 1 is 1.13 bits per heavy atom. The van der Waals surface area contributed by atoms with Crippen molar-refractivity contribution < 1.29 is 13.2 Å². The number of aromatic nitrogens is 1. The van der Waals surface area contributed by atoms with Crippen molar-refractivity contribution in [1.82, 2.24) is 10.3 Å². The molecule has 0 unspecified atom stereocenters. The average Bonchev–Trinajstić information content (AvgIpc) is 3.15. The fourth-order valence-corrected chi connectivity index (χ4v) is 5.41. The topological polar surface area (TPSA) is 88.2 Å². The van der Waals surface area contributed by atoms with Crippen LogP contribution in [0.25, 0.3) is 10.2 Å². The Labute approximate surface area is 180 Å². The van der Waals surface area contributed by atoms with Gasteiger partial charge < -0.3 is 5.32 Å². The van der Waals surface area contributed by atoms with E-state index < -0.39 is 10.0 Å². The van der Waals surface area contributed by atoms with Crippen molar-refractivity contribution in [2.75, 3.05) is 11.0 Å². The Morgan fingerprint density at radius 3 is 2.73 bits per heavy atom. The Kier molecular flexibility index (Phi) is 5.87. The molecule has 0 aliphatic heterocycles. The van der Waals surface area contributed by atoms with Gasteiger partial charge in [-0.1, -0.05) is 36.4 Å². The summed E-state index contributed by atoms with van der Waals surface area (Å²) in [7, 11) is -3.34. The highest BCUT2D eigenvalue weighted by molar-refractivity contribution is 7.92. The number of sulfonamides is 1. The van der Waals surface area contributed by atoms with Gasteiger partial charge in [0.1, 0.15) is 0 Å². The van der Waals surface area contributed by atoms with Crippen LogP contribution < -0.4 is 10.0 Å². The Morgan fingerprint density at radius 2 is 1.93 bits per heavy atom. The van der Waals surface area contributed by atoms with Crippen LogP contribution in [0.15, 0.2) is 60.7 Å². The van der Waals surface area contributed by atoms with E-state index in [-0.39, 0.29) is 17.7 Å². The summed E-state index contributed by atoms with van der Waals surface area (Å²) < 4.78 is 26.4. The fraction of sp³-hybridized carbons (Fsp3) is 0.273. The molecule has 0 saturated carbocycles. The van der Waals surface area contributed by atoms with Crippen LogP contribution in [0, 0.1) is 5.92 Å². The van der Waals surface area contributed by atoms with E-state index in [2.05, 4.69) is 28.3 Å². The number of hydrogen-bond acceptors (Lipinski definition) is 5. The SMILES string of the molecule is CS(=O)(=O)Nc1cccc(CNC(=O)[C@H]2CC=CC[C@H]2c2nc3ccccc3s2)c1. The van der Waals surface area contributed by atoms with Crippen LogP contribution in [0.2, 0.25) is 0 Å². The molecule has 1 amide bonds. The minimum absolute atomic E-state index is 0.00918. The van der Waals surface area contributed by atoms with Gasteiger partial charge in [-0.15, -0.1) is 11.3 Å². The number of carbonyl (C=O) groups excluding carboxylic acids is 1. The summed E-state index contributed by atoms with van der Waals surface area (Å²) in [5.41, 5.74) is 2.29. The van der Waals surface area contributed by atoms with Gasteiger partial charge in [0, 0.05) is 18.2 Å². The third kappa shape index (κ3) is 4.88. The molecular weight excluding hydrogens is 418 g/mol. The number of para-hydroxylation sites is 1. The molecule has 156 valence electrons. The normalized spacial score (nSPS) is 19.0. The van der Waals surface area contributed by atoms with Gasteiger partial charge in [-0.2, -0.15) is 0 Å². The van der Waals surface area contributed by atoms with Crippen LogP contribution in [0.5, 0.6) is 0 Å². The van der Waals surface area contributed by atoms with Gasteiger partial charge in [-0.25, -0.2) is 13.4 Å². The van der Waals surface area contributed by atoms with Crippen LogP contribution in [0.4, 0.5) is 5.69 Å². The van der Waals surface area contributed by atoms with E-state index in [1.807, 2.05) is 24.3 Å². The summed E-state index contributed by atoms with van der Waals surface area (Å²) in [4.78, 5) is 17.8. The zero-order chi connectivity index (χ0) is 21.1. The maximum absolute atomic E-state index is 13.0. The van der Waals surface area contributed by atoms with Gasteiger partial charge in [0.25, 0.3) is 0 Å². The van der Waals surface area contributed by atoms with Crippen LogP contribution in [-0.2, 0) is 21.4 Å². The molecule has 0 fully saturated rings. The predicted molar refractivity (Wildman–Crippen MR) is 121 cm³/mol. The standard InChI is InChI=1S/C22H23N3O3S2/c1-30(27,28)25-16-8-6-7-15(13-16)14-23-21(26)17-9-2-3-10-18(17)22-24-19-11-4-5-12-20(19)29-22/h2-8,11-13,17-18,25H,9-10,14H2,1H3,(H,23,26)/t17-,18+/m0/s1. The number of thiazole rings is 1. The summed E-state index contributed by atoms with van der Waals surface area (Å²) in [6, 6.07) is 15.1. The van der Waals surface area contributed by atoms with E-state index in [0.29, 0.717) is 18.7 Å². The predicted octanol–water partition coefficient (Wildman–Crippen LogP) is 4.03. The third-order valence-electron chi connectivity index (χ3n) is 5.09. The minimum Gasteiger partial charge on any atom is -0.352 e. The lowest BCUT2D eigenvalue weighted by molar-refractivity contribution is -0.125. The molecule has 30 heavy (non-hydrogen) atoms. The third-order valence-corrected chi connectivity index (χ3v) is 6.87. The maximum Gasteiger partial charge on any atom is 0.229 e. The van der Waals surface area contributed by atoms with E-state index in [4.69, 9.17) is 4.98 Å². The van der Waals surface area contributed by atoms with Crippen LogP contribution >= 0.6 is 11.3 Å². The molecule has 0 spiro atoms. The first-order chi connectivity index (χ1) is 14.4. The number of carbonyl (C=O) groups is 1. The second-order valence-corrected chi connectivity index (χ2v) is 10.3. The highest BCUT2D eigenvalue weighted by Gasteiger charge is 2.32. The number of hydrogen-bond donors (Lipinski definition) is 2. The number of rotatable bonds is 6. The molecule has 2 aromatic carbocycles. The second kappa shape index (κ2) is 8.57.